The summed E-state index contributed by atoms with van der Waals surface area (Å²) in [5.41, 5.74) is 7.48. The summed E-state index contributed by atoms with van der Waals surface area (Å²) in [4.78, 5) is 32.1. The molecular weight excluding hydrogens is 548 g/mol. The molecule has 2 N–H and O–H groups in total. The van der Waals surface area contributed by atoms with Crippen LogP contribution < -0.4 is 0 Å². The second-order valence-electron chi connectivity index (χ2n) is 12.0. The summed E-state index contributed by atoms with van der Waals surface area (Å²) < 4.78 is 0. The third-order valence-electron chi connectivity index (χ3n) is 8.89. The van der Waals surface area contributed by atoms with Crippen molar-refractivity contribution in [1.82, 2.24) is 30.4 Å². The number of aromatic amines is 2. The van der Waals surface area contributed by atoms with E-state index in [9.17, 15) is 9.59 Å². The lowest BCUT2D eigenvalue weighted by molar-refractivity contribution is -0.118. The number of nitrogens with one attached hydrogen (secondary N) is 2. The molecule has 220 valence electrons. The fourth-order valence-electron chi connectivity index (χ4n) is 6.65. The molecule has 0 amide bonds. The molecule has 2 atom stereocenters. The number of benzene rings is 2. The minimum Gasteiger partial charge on any atom is -0.361 e. The lowest BCUT2D eigenvalue weighted by atomic mass is 9.78. The molecule has 2 aromatic carbocycles. The van der Waals surface area contributed by atoms with Crippen LogP contribution in [0.15, 0.2) is 85.2 Å². The molecule has 7 rings (SSSR count). The first-order valence-corrected chi connectivity index (χ1v) is 15.4. The fourth-order valence-corrected chi connectivity index (χ4v) is 6.65. The molecule has 6 aromatic rings. The predicted molar refractivity (Wildman–Crippen MR) is 169 cm³/mol. The van der Waals surface area contributed by atoms with Crippen molar-refractivity contribution in [3.63, 3.8) is 0 Å². The maximum atomic E-state index is 12.8. The summed E-state index contributed by atoms with van der Waals surface area (Å²) in [6, 6.07) is 24.0. The Bertz CT molecular complexity index is 1780. The molecule has 44 heavy (non-hydrogen) atoms. The Labute approximate surface area is 255 Å². The van der Waals surface area contributed by atoms with Crippen molar-refractivity contribution in [3.8, 4) is 0 Å². The average molecular weight is 583 g/mol. The Morgan fingerprint density at radius 2 is 1.09 bits per heavy atom. The number of H-pyrrole nitrogens is 2. The van der Waals surface area contributed by atoms with Gasteiger partial charge < -0.3 is 9.97 Å². The van der Waals surface area contributed by atoms with Gasteiger partial charge in [-0.1, -0.05) is 30.7 Å². The van der Waals surface area contributed by atoms with Crippen molar-refractivity contribution < 1.29 is 9.59 Å². The van der Waals surface area contributed by atoms with E-state index < -0.39 is 0 Å². The van der Waals surface area contributed by atoms with Crippen molar-refractivity contribution in [2.75, 3.05) is 0 Å². The van der Waals surface area contributed by atoms with Crippen LogP contribution in [0.4, 0.5) is 0 Å². The normalized spacial score (nSPS) is 16.8. The van der Waals surface area contributed by atoms with Crippen molar-refractivity contribution in [1.29, 1.82) is 0 Å². The molecule has 0 bridgehead atoms. The first kappa shape index (κ1) is 27.8. The molecule has 0 saturated heterocycles. The molecule has 4 aromatic heterocycles. The summed E-state index contributed by atoms with van der Waals surface area (Å²) in [6.07, 6.45) is 9.21. The number of hydrogen-bond acceptors (Lipinski definition) is 6. The van der Waals surface area contributed by atoms with Crippen LogP contribution in [0.1, 0.15) is 71.4 Å². The number of rotatable bonds is 10. The Hall–Kier alpha value is -4.98. The average Bonchev–Trinajstić information content (AvgIpc) is 3.73. The molecule has 4 heterocycles. The molecule has 1 aliphatic carbocycles. The lowest BCUT2D eigenvalue weighted by Crippen LogP contribution is -2.17. The van der Waals surface area contributed by atoms with E-state index in [2.05, 4.69) is 30.4 Å². The summed E-state index contributed by atoms with van der Waals surface area (Å²) in [5.74, 6) is 0.827. The van der Waals surface area contributed by atoms with Crippen molar-refractivity contribution in [2.45, 2.75) is 63.2 Å². The van der Waals surface area contributed by atoms with Gasteiger partial charge in [-0.3, -0.25) is 9.59 Å². The minimum absolute atomic E-state index is 0.125. The van der Waals surface area contributed by atoms with E-state index in [0.29, 0.717) is 24.2 Å². The number of Topliss-reactive ketones (excluding diaryl/α,β-unsaturated/α-hetero) is 2. The maximum Gasteiger partial charge on any atom is 0.143 e. The van der Waals surface area contributed by atoms with Gasteiger partial charge in [-0.15, -0.1) is 0 Å². The zero-order valence-electron chi connectivity index (χ0n) is 24.5. The van der Waals surface area contributed by atoms with Crippen LogP contribution in [0.3, 0.4) is 0 Å². The highest BCUT2D eigenvalue weighted by Gasteiger charge is 2.27. The molecule has 1 saturated carbocycles. The summed E-state index contributed by atoms with van der Waals surface area (Å²) in [7, 11) is 0. The zero-order valence-corrected chi connectivity index (χ0v) is 24.5. The quantitative estimate of drug-likeness (QED) is 0.194. The van der Waals surface area contributed by atoms with E-state index in [1.165, 1.54) is 0 Å². The van der Waals surface area contributed by atoms with Gasteiger partial charge in [-0.05, 0) is 78.9 Å². The van der Waals surface area contributed by atoms with Gasteiger partial charge in [-0.25, -0.2) is 0 Å². The molecule has 1 fully saturated rings. The molecular formula is C36H34N6O2. The molecule has 0 unspecified atom stereocenters. The van der Waals surface area contributed by atoms with Gasteiger partial charge in [0.2, 0.25) is 0 Å². The van der Waals surface area contributed by atoms with E-state index >= 15 is 0 Å². The fraction of sp³-hybridized carbons (Fsp3) is 0.278. The molecule has 0 radical (unpaired) electrons. The van der Waals surface area contributed by atoms with Crippen molar-refractivity contribution in [3.05, 3.63) is 119 Å². The topological polar surface area (TPSA) is 117 Å². The molecule has 0 aliphatic heterocycles. The Kier molecular flexibility index (Phi) is 7.80. The van der Waals surface area contributed by atoms with Crippen LogP contribution in [-0.4, -0.2) is 41.9 Å². The Morgan fingerprint density at radius 3 is 1.55 bits per heavy atom. The van der Waals surface area contributed by atoms with E-state index in [4.69, 9.17) is 0 Å². The number of hydrogen-bond donors (Lipinski definition) is 2. The first-order valence-electron chi connectivity index (χ1n) is 15.4. The van der Waals surface area contributed by atoms with E-state index in [0.717, 1.165) is 70.0 Å². The third kappa shape index (κ3) is 6.06. The summed E-state index contributed by atoms with van der Waals surface area (Å²) in [5, 5.41) is 20.1. The second kappa shape index (κ2) is 12.3. The zero-order chi connectivity index (χ0) is 29.9. The number of aromatic nitrogens is 6. The van der Waals surface area contributed by atoms with Crippen molar-refractivity contribution in [2.24, 2.45) is 0 Å². The highest BCUT2D eigenvalue weighted by atomic mass is 16.1. The molecule has 8 nitrogen and oxygen atoms in total. The highest BCUT2D eigenvalue weighted by Crippen LogP contribution is 2.39. The number of nitrogens with zero attached hydrogens (tertiary/aromatic N) is 4. The predicted octanol–water partition coefficient (Wildman–Crippen LogP) is 6.38. The van der Waals surface area contributed by atoms with Gasteiger partial charge >= 0.3 is 0 Å². The number of fused-ring (bicyclic) bond motifs is 2. The summed E-state index contributed by atoms with van der Waals surface area (Å²) in [6.45, 7) is 0. The van der Waals surface area contributed by atoms with Gasteiger partial charge in [0.1, 0.15) is 11.6 Å². The van der Waals surface area contributed by atoms with Crippen LogP contribution in [0.2, 0.25) is 0 Å². The molecule has 8 heteroatoms. The van der Waals surface area contributed by atoms with Gasteiger partial charge in [0.15, 0.2) is 0 Å². The monoisotopic (exact) mass is 582 g/mol. The highest BCUT2D eigenvalue weighted by molar-refractivity contribution is 5.91. The Morgan fingerprint density at radius 1 is 0.591 bits per heavy atom. The second-order valence-corrected chi connectivity index (χ2v) is 12.0. The number of carbonyl (C=O) groups excluding carboxylic acids is 2. The van der Waals surface area contributed by atoms with Gasteiger partial charge in [0.05, 0.1) is 35.6 Å². The largest absolute Gasteiger partial charge is 0.361 e. The minimum atomic E-state index is 0.125. The van der Waals surface area contributed by atoms with E-state index in [-0.39, 0.29) is 36.2 Å². The van der Waals surface area contributed by atoms with Crippen molar-refractivity contribution >= 4 is 33.4 Å². The summed E-state index contributed by atoms with van der Waals surface area (Å²) >= 11 is 0. The lowest BCUT2D eigenvalue weighted by Gasteiger charge is -2.28. The number of carbonyl (C=O) groups is 2. The third-order valence-corrected chi connectivity index (χ3v) is 8.89. The van der Waals surface area contributed by atoms with Crippen LogP contribution in [0.25, 0.3) is 21.8 Å². The van der Waals surface area contributed by atoms with Gasteiger partial charge in [0.25, 0.3) is 0 Å². The van der Waals surface area contributed by atoms with E-state index in [1.807, 2.05) is 85.2 Å². The van der Waals surface area contributed by atoms with Crippen LogP contribution in [0.5, 0.6) is 0 Å². The SMILES string of the molecule is O=C(Cc1ccc([C@@H]2CCC[C@H](c3ccc(CC(=O)Cc4cccc5[nH]ccc45)nn3)C2)nn1)Cc1cccc2[nH]ccc12. The molecule has 0 spiro atoms. The Balaban J connectivity index is 0.937. The van der Waals surface area contributed by atoms with Gasteiger partial charge in [0, 0.05) is 58.9 Å². The maximum absolute atomic E-state index is 12.8. The van der Waals surface area contributed by atoms with Crippen LogP contribution >= 0.6 is 0 Å². The van der Waals surface area contributed by atoms with Crippen LogP contribution in [0, 0.1) is 0 Å². The van der Waals surface area contributed by atoms with Gasteiger partial charge in [-0.2, -0.15) is 20.4 Å². The standard InChI is InChI=1S/C36H34N6O2/c43-29(19-23-4-2-8-35-31(23)14-16-37-35)21-27-10-12-33(41-39-27)25-6-1-7-26(18-25)34-13-11-28(40-42-34)22-30(44)20-24-5-3-9-36-32(24)15-17-38-36/h2-5,8-17,25-26,37-38H,1,6-7,18-22H2/t25-,26+. The van der Waals surface area contributed by atoms with Crippen LogP contribution in [-0.2, 0) is 35.3 Å². The first-order chi connectivity index (χ1) is 21.6. The smallest absolute Gasteiger partial charge is 0.143 e. The number of ketones is 2. The van der Waals surface area contributed by atoms with E-state index in [1.54, 1.807) is 0 Å². The molecule has 1 aliphatic rings.